The second kappa shape index (κ2) is 6.82. The number of para-hydroxylation sites is 1. The monoisotopic (exact) mass is 281 g/mol. The van der Waals surface area contributed by atoms with E-state index >= 15 is 0 Å². The highest BCUT2D eigenvalue weighted by atomic mass is 32.1. The predicted molar refractivity (Wildman–Crippen MR) is 80.9 cm³/mol. The fraction of sp³-hybridized carbons (Fsp3) is 0.500. The van der Waals surface area contributed by atoms with Gasteiger partial charge in [0.15, 0.2) is 5.11 Å². The lowest BCUT2D eigenvalue weighted by atomic mass is 10.2. The zero-order valence-electron chi connectivity index (χ0n) is 11.2. The Bertz CT molecular complexity index is 438. The summed E-state index contributed by atoms with van der Waals surface area (Å²) in [6.45, 7) is 5.22. The van der Waals surface area contributed by atoms with Crippen LogP contribution in [0.3, 0.4) is 0 Å². The molecule has 1 aliphatic rings. The number of nitrogens with one attached hydrogen (secondary N) is 2. The van der Waals surface area contributed by atoms with Crippen LogP contribution in [0.25, 0.3) is 0 Å². The lowest BCUT2D eigenvalue weighted by Gasteiger charge is -2.23. The van der Waals surface area contributed by atoms with Crippen LogP contribution in [0.2, 0.25) is 0 Å². The Morgan fingerprint density at radius 2 is 2.26 bits per heavy atom. The third-order valence-corrected chi connectivity index (χ3v) is 3.77. The van der Waals surface area contributed by atoms with Crippen LogP contribution in [-0.2, 0) is 0 Å². The number of likely N-dealkylation sites (N-methyl/N-ethyl adjacent to an activating group) is 1. The summed E-state index contributed by atoms with van der Waals surface area (Å²) in [5, 5.41) is 6.55. The Hall–Kier alpha value is -1.20. The van der Waals surface area contributed by atoms with Gasteiger partial charge in [-0.25, -0.2) is 4.39 Å². The van der Waals surface area contributed by atoms with Crippen LogP contribution in [0, 0.1) is 5.82 Å². The summed E-state index contributed by atoms with van der Waals surface area (Å²) < 4.78 is 13.4. The van der Waals surface area contributed by atoms with E-state index in [1.54, 1.807) is 18.2 Å². The van der Waals surface area contributed by atoms with Crippen molar-refractivity contribution in [2.24, 2.45) is 0 Å². The van der Waals surface area contributed by atoms with Gasteiger partial charge in [-0.2, -0.15) is 0 Å². The molecule has 0 spiro atoms. The number of hydrogen-bond acceptors (Lipinski definition) is 2. The molecule has 2 N–H and O–H groups in total. The molecule has 0 aliphatic carbocycles. The van der Waals surface area contributed by atoms with E-state index in [2.05, 4.69) is 22.5 Å². The summed E-state index contributed by atoms with van der Waals surface area (Å²) in [6.07, 6.45) is 2.44. The van der Waals surface area contributed by atoms with Crippen LogP contribution >= 0.6 is 12.2 Å². The zero-order chi connectivity index (χ0) is 13.7. The van der Waals surface area contributed by atoms with Crippen LogP contribution in [0.5, 0.6) is 0 Å². The summed E-state index contributed by atoms with van der Waals surface area (Å²) in [4.78, 5) is 2.44. The minimum atomic E-state index is -0.289. The zero-order valence-corrected chi connectivity index (χ0v) is 12.0. The van der Waals surface area contributed by atoms with Gasteiger partial charge in [0.2, 0.25) is 0 Å². The Balaban J connectivity index is 1.80. The number of likely N-dealkylation sites (tertiary alicyclic amines) is 1. The van der Waals surface area contributed by atoms with Gasteiger partial charge in [-0.3, -0.25) is 4.90 Å². The first-order valence-corrected chi connectivity index (χ1v) is 7.15. The maximum atomic E-state index is 13.4. The van der Waals surface area contributed by atoms with E-state index in [0.29, 0.717) is 16.8 Å². The van der Waals surface area contributed by atoms with E-state index in [0.717, 1.165) is 19.6 Å². The minimum absolute atomic E-state index is 0.289. The summed E-state index contributed by atoms with van der Waals surface area (Å²) in [5.74, 6) is -0.289. The number of halogens is 1. The third kappa shape index (κ3) is 3.88. The van der Waals surface area contributed by atoms with Crippen molar-refractivity contribution in [1.82, 2.24) is 10.2 Å². The molecule has 0 aromatic heterocycles. The van der Waals surface area contributed by atoms with Gasteiger partial charge in [0, 0.05) is 12.6 Å². The molecule has 0 radical (unpaired) electrons. The van der Waals surface area contributed by atoms with Gasteiger partial charge < -0.3 is 10.6 Å². The first kappa shape index (κ1) is 14.2. The Kier molecular flexibility index (Phi) is 5.10. The first-order chi connectivity index (χ1) is 9.20. The molecule has 3 nitrogen and oxygen atoms in total. The topological polar surface area (TPSA) is 27.3 Å². The van der Waals surface area contributed by atoms with Gasteiger partial charge in [-0.15, -0.1) is 0 Å². The van der Waals surface area contributed by atoms with E-state index in [9.17, 15) is 4.39 Å². The highest BCUT2D eigenvalue weighted by molar-refractivity contribution is 7.80. The van der Waals surface area contributed by atoms with Gasteiger partial charge in [-0.05, 0) is 50.3 Å². The van der Waals surface area contributed by atoms with Gasteiger partial charge in [0.1, 0.15) is 5.82 Å². The average molecular weight is 281 g/mol. The van der Waals surface area contributed by atoms with Crippen molar-refractivity contribution in [3.05, 3.63) is 30.1 Å². The van der Waals surface area contributed by atoms with Crippen molar-refractivity contribution >= 4 is 23.0 Å². The highest BCUT2D eigenvalue weighted by Gasteiger charge is 2.22. The van der Waals surface area contributed by atoms with Crippen molar-refractivity contribution in [3.63, 3.8) is 0 Å². The van der Waals surface area contributed by atoms with Crippen molar-refractivity contribution in [3.8, 4) is 0 Å². The molecule has 0 bridgehead atoms. The molecule has 104 valence electrons. The number of hydrogen-bond donors (Lipinski definition) is 2. The van der Waals surface area contributed by atoms with Crippen molar-refractivity contribution in [2.75, 3.05) is 25.0 Å². The lowest BCUT2D eigenvalue weighted by molar-refractivity contribution is 0.267. The molecule has 0 amide bonds. The quantitative estimate of drug-likeness (QED) is 0.830. The Morgan fingerprint density at radius 3 is 3.00 bits per heavy atom. The number of rotatable bonds is 4. The second-order valence-electron chi connectivity index (χ2n) is 4.74. The van der Waals surface area contributed by atoms with Crippen LogP contribution in [0.1, 0.15) is 19.8 Å². The number of nitrogens with zero attached hydrogens (tertiary/aromatic N) is 1. The first-order valence-electron chi connectivity index (χ1n) is 6.74. The lowest BCUT2D eigenvalue weighted by Crippen LogP contribution is -2.41. The van der Waals surface area contributed by atoms with Crippen LogP contribution < -0.4 is 10.6 Å². The normalized spacial score (nSPS) is 19.4. The number of benzene rings is 1. The number of thiocarbonyl (C=S) groups is 1. The summed E-state index contributed by atoms with van der Waals surface area (Å²) in [6, 6.07) is 7.07. The fourth-order valence-corrected chi connectivity index (χ4v) is 2.68. The van der Waals surface area contributed by atoms with Gasteiger partial charge in [0.05, 0.1) is 5.69 Å². The molecule has 2 rings (SSSR count). The van der Waals surface area contributed by atoms with Gasteiger partial charge in [-0.1, -0.05) is 19.1 Å². The van der Waals surface area contributed by atoms with Crippen LogP contribution in [0.4, 0.5) is 10.1 Å². The minimum Gasteiger partial charge on any atom is -0.361 e. The molecule has 1 aliphatic heterocycles. The predicted octanol–water partition coefficient (Wildman–Crippen LogP) is 2.60. The Morgan fingerprint density at radius 1 is 1.47 bits per heavy atom. The molecule has 1 fully saturated rings. The van der Waals surface area contributed by atoms with Crippen molar-refractivity contribution in [2.45, 2.75) is 25.8 Å². The molecule has 1 heterocycles. The molecule has 1 saturated heterocycles. The van der Waals surface area contributed by atoms with E-state index in [1.807, 2.05) is 0 Å². The largest absolute Gasteiger partial charge is 0.361 e. The van der Waals surface area contributed by atoms with Gasteiger partial charge in [0.25, 0.3) is 0 Å². The molecule has 0 saturated carbocycles. The fourth-order valence-electron chi connectivity index (χ4n) is 2.48. The molecule has 1 atom stereocenters. The Labute approximate surface area is 119 Å². The third-order valence-electron chi connectivity index (χ3n) is 3.53. The van der Waals surface area contributed by atoms with Crippen molar-refractivity contribution in [1.29, 1.82) is 0 Å². The molecule has 19 heavy (non-hydrogen) atoms. The molecular weight excluding hydrogens is 261 g/mol. The van der Waals surface area contributed by atoms with Crippen molar-refractivity contribution < 1.29 is 4.39 Å². The highest BCUT2D eigenvalue weighted by Crippen LogP contribution is 2.16. The number of anilines is 1. The summed E-state index contributed by atoms with van der Waals surface area (Å²) in [7, 11) is 0. The molecule has 1 aromatic rings. The standard InChI is InChI=1S/C14H20FN3S/c1-2-18-9-5-6-11(18)10-16-14(19)17-13-8-4-3-7-12(13)15/h3-4,7-8,11H,2,5-6,9-10H2,1H3,(H2,16,17,19). The molecule has 5 heteroatoms. The molecule has 1 aromatic carbocycles. The van der Waals surface area contributed by atoms with E-state index in [1.165, 1.54) is 18.9 Å². The van der Waals surface area contributed by atoms with E-state index in [4.69, 9.17) is 12.2 Å². The molecular formula is C14H20FN3S. The summed E-state index contributed by atoms with van der Waals surface area (Å²) >= 11 is 5.20. The maximum Gasteiger partial charge on any atom is 0.170 e. The van der Waals surface area contributed by atoms with E-state index < -0.39 is 0 Å². The second-order valence-corrected chi connectivity index (χ2v) is 5.15. The van der Waals surface area contributed by atoms with E-state index in [-0.39, 0.29) is 5.82 Å². The smallest absolute Gasteiger partial charge is 0.170 e. The van der Waals surface area contributed by atoms with Crippen LogP contribution in [-0.4, -0.2) is 35.7 Å². The SMILES string of the molecule is CCN1CCCC1CNC(=S)Nc1ccccc1F. The van der Waals surface area contributed by atoms with Gasteiger partial charge >= 0.3 is 0 Å². The molecule has 1 unspecified atom stereocenters. The van der Waals surface area contributed by atoms with Crippen LogP contribution in [0.15, 0.2) is 24.3 Å². The summed E-state index contributed by atoms with van der Waals surface area (Å²) in [5.41, 5.74) is 0.416. The average Bonchev–Trinajstić information content (AvgIpc) is 2.86. The maximum absolute atomic E-state index is 13.4.